The Balaban J connectivity index is 3.13. The third-order valence-electron chi connectivity index (χ3n) is 1.35. The highest BCUT2D eigenvalue weighted by Gasteiger charge is 2.10. The first-order chi connectivity index (χ1) is 6.02. The highest BCUT2D eigenvalue weighted by atomic mass is 35.5. The smallest absolute Gasteiger partial charge is 0.356 e. The lowest BCUT2D eigenvalue weighted by Gasteiger charge is -2.11. The number of carbonyl (C=O) groups is 1. The van der Waals surface area contributed by atoms with Crippen molar-refractivity contribution in [3.63, 3.8) is 0 Å². The number of hydrogen-bond donors (Lipinski definition) is 1. The number of carboxylic acids is 1. The van der Waals surface area contributed by atoms with Crippen LogP contribution < -0.4 is 4.90 Å². The van der Waals surface area contributed by atoms with Crippen LogP contribution in [0.25, 0.3) is 0 Å². The molecule has 1 aromatic heterocycles. The van der Waals surface area contributed by atoms with E-state index >= 15 is 0 Å². The summed E-state index contributed by atoms with van der Waals surface area (Å²) in [5.74, 6) is -0.689. The molecule has 1 rings (SSSR count). The maximum Gasteiger partial charge on any atom is 0.356 e. The van der Waals surface area contributed by atoms with Crippen LogP contribution in [-0.4, -0.2) is 35.1 Å². The molecule has 0 unspecified atom stereocenters. The molecule has 0 aromatic carbocycles. The lowest BCUT2D eigenvalue weighted by atomic mass is 10.4. The van der Waals surface area contributed by atoms with Crippen LogP contribution in [0.15, 0.2) is 6.20 Å². The van der Waals surface area contributed by atoms with E-state index in [1.54, 1.807) is 19.0 Å². The summed E-state index contributed by atoms with van der Waals surface area (Å²) in [6.07, 6.45) is 1.17. The number of halogens is 1. The first-order valence-electron chi connectivity index (χ1n) is 3.45. The zero-order valence-electron chi connectivity index (χ0n) is 7.15. The fourth-order valence-corrected chi connectivity index (χ4v) is 1.07. The van der Waals surface area contributed by atoms with Crippen molar-refractivity contribution in [2.75, 3.05) is 19.0 Å². The van der Waals surface area contributed by atoms with Crippen molar-refractivity contribution >= 4 is 23.4 Å². The number of aromatic nitrogens is 2. The predicted molar refractivity (Wildman–Crippen MR) is 48.3 cm³/mol. The van der Waals surface area contributed by atoms with Crippen molar-refractivity contribution in [1.29, 1.82) is 0 Å². The molecule has 13 heavy (non-hydrogen) atoms. The minimum atomic E-state index is -1.14. The van der Waals surface area contributed by atoms with Crippen LogP contribution in [0.2, 0.25) is 5.15 Å². The van der Waals surface area contributed by atoms with Crippen molar-refractivity contribution in [2.24, 2.45) is 0 Å². The Bertz CT molecular complexity index is 341. The summed E-state index contributed by atoms with van der Waals surface area (Å²) in [5.41, 5.74) is -0.157. The number of nitrogens with zero attached hydrogens (tertiary/aromatic N) is 3. The first kappa shape index (κ1) is 9.73. The molecule has 0 amide bonds. The molecule has 0 aliphatic heterocycles. The Kier molecular flexibility index (Phi) is 2.67. The monoisotopic (exact) mass is 201 g/mol. The van der Waals surface area contributed by atoms with Gasteiger partial charge in [0, 0.05) is 14.1 Å². The highest BCUT2D eigenvalue weighted by Crippen LogP contribution is 2.18. The van der Waals surface area contributed by atoms with Gasteiger partial charge in [-0.25, -0.2) is 14.8 Å². The number of rotatable bonds is 2. The standard InChI is InChI=1S/C7H8ClN3O2/c1-11(2)6-5(8)10-4(3-9-6)7(12)13/h3H,1-2H3,(H,12,13). The van der Waals surface area contributed by atoms with E-state index in [4.69, 9.17) is 16.7 Å². The Morgan fingerprint density at radius 3 is 2.62 bits per heavy atom. The maximum atomic E-state index is 10.5. The maximum absolute atomic E-state index is 10.5. The molecule has 0 saturated heterocycles. The molecule has 0 aliphatic carbocycles. The summed E-state index contributed by atoms with van der Waals surface area (Å²) in [7, 11) is 3.49. The fourth-order valence-electron chi connectivity index (χ4n) is 0.763. The molecular formula is C7H8ClN3O2. The molecule has 1 heterocycles. The summed E-state index contributed by atoms with van der Waals surface area (Å²) in [6, 6.07) is 0. The summed E-state index contributed by atoms with van der Waals surface area (Å²) < 4.78 is 0. The van der Waals surface area contributed by atoms with Gasteiger partial charge in [-0.15, -0.1) is 0 Å². The van der Waals surface area contributed by atoms with Gasteiger partial charge in [0.05, 0.1) is 6.20 Å². The van der Waals surface area contributed by atoms with E-state index in [1.807, 2.05) is 0 Å². The molecule has 1 aromatic rings. The van der Waals surface area contributed by atoms with Gasteiger partial charge in [0.1, 0.15) is 0 Å². The number of anilines is 1. The zero-order valence-corrected chi connectivity index (χ0v) is 7.91. The Morgan fingerprint density at radius 1 is 1.62 bits per heavy atom. The lowest BCUT2D eigenvalue weighted by molar-refractivity contribution is 0.0690. The topological polar surface area (TPSA) is 66.3 Å². The second-order valence-corrected chi connectivity index (χ2v) is 2.93. The molecule has 0 spiro atoms. The van der Waals surface area contributed by atoms with Gasteiger partial charge in [-0.3, -0.25) is 0 Å². The van der Waals surface area contributed by atoms with Crippen molar-refractivity contribution < 1.29 is 9.90 Å². The van der Waals surface area contributed by atoms with E-state index in [0.717, 1.165) is 0 Å². The van der Waals surface area contributed by atoms with Crippen LogP contribution in [0.5, 0.6) is 0 Å². The molecule has 0 saturated carbocycles. The first-order valence-corrected chi connectivity index (χ1v) is 3.83. The van der Waals surface area contributed by atoms with Gasteiger partial charge < -0.3 is 10.0 Å². The second kappa shape index (κ2) is 3.57. The average molecular weight is 202 g/mol. The van der Waals surface area contributed by atoms with Crippen molar-refractivity contribution in [3.8, 4) is 0 Å². The number of carboxylic acid groups (broad SMARTS) is 1. The highest BCUT2D eigenvalue weighted by molar-refractivity contribution is 6.31. The summed E-state index contributed by atoms with van der Waals surface area (Å²) in [4.78, 5) is 19.6. The Morgan fingerprint density at radius 2 is 2.23 bits per heavy atom. The van der Waals surface area contributed by atoms with Gasteiger partial charge in [-0.05, 0) is 0 Å². The van der Waals surface area contributed by atoms with E-state index in [1.165, 1.54) is 6.20 Å². The van der Waals surface area contributed by atoms with Crippen LogP contribution >= 0.6 is 11.6 Å². The molecule has 0 fully saturated rings. The van der Waals surface area contributed by atoms with E-state index in [2.05, 4.69) is 9.97 Å². The quantitative estimate of drug-likeness (QED) is 0.770. The van der Waals surface area contributed by atoms with Gasteiger partial charge in [-0.1, -0.05) is 11.6 Å². The molecule has 70 valence electrons. The molecule has 0 radical (unpaired) electrons. The number of aromatic carboxylic acids is 1. The van der Waals surface area contributed by atoms with E-state index in [0.29, 0.717) is 5.82 Å². The third-order valence-corrected chi connectivity index (χ3v) is 1.61. The normalized spacial score (nSPS) is 9.77. The molecule has 0 bridgehead atoms. The number of hydrogen-bond acceptors (Lipinski definition) is 4. The molecular weight excluding hydrogens is 194 g/mol. The molecule has 6 heteroatoms. The van der Waals surface area contributed by atoms with Gasteiger partial charge in [0.15, 0.2) is 16.7 Å². The second-order valence-electron chi connectivity index (χ2n) is 2.57. The van der Waals surface area contributed by atoms with Gasteiger partial charge >= 0.3 is 5.97 Å². The largest absolute Gasteiger partial charge is 0.476 e. The Hall–Kier alpha value is -1.36. The third kappa shape index (κ3) is 2.06. The average Bonchev–Trinajstić information content (AvgIpc) is 2.03. The van der Waals surface area contributed by atoms with Gasteiger partial charge in [-0.2, -0.15) is 0 Å². The van der Waals surface area contributed by atoms with E-state index in [9.17, 15) is 4.79 Å². The Labute approximate surface area is 80.0 Å². The van der Waals surface area contributed by atoms with Crippen molar-refractivity contribution in [1.82, 2.24) is 9.97 Å². The van der Waals surface area contributed by atoms with Crippen LogP contribution in [0.1, 0.15) is 10.5 Å². The van der Waals surface area contributed by atoms with Gasteiger partial charge in [0.2, 0.25) is 0 Å². The van der Waals surface area contributed by atoms with Crippen molar-refractivity contribution in [2.45, 2.75) is 0 Å². The van der Waals surface area contributed by atoms with Crippen LogP contribution in [-0.2, 0) is 0 Å². The molecule has 5 nitrogen and oxygen atoms in total. The SMILES string of the molecule is CN(C)c1ncc(C(=O)O)nc1Cl. The fraction of sp³-hybridized carbons (Fsp3) is 0.286. The molecule has 0 aliphatic rings. The van der Waals surface area contributed by atoms with E-state index < -0.39 is 5.97 Å². The summed E-state index contributed by atoms with van der Waals surface area (Å²) >= 11 is 5.69. The lowest BCUT2D eigenvalue weighted by Crippen LogP contribution is -2.13. The minimum Gasteiger partial charge on any atom is -0.476 e. The van der Waals surface area contributed by atoms with Crippen LogP contribution in [0.3, 0.4) is 0 Å². The summed E-state index contributed by atoms with van der Waals surface area (Å²) in [5, 5.41) is 8.65. The van der Waals surface area contributed by atoms with E-state index in [-0.39, 0.29) is 10.8 Å². The van der Waals surface area contributed by atoms with Crippen molar-refractivity contribution in [3.05, 3.63) is 17.0 Å². The van der Waals surface area contributed by atoms with Crippen LogP contribution in [0.4, 0.5) is 5.82 Å². The van der Waals surface area contributed by atoms with Crippen LogP contribution in [0, 0.1) is 0 Å². The molecule has 1 N–H and O–H groups in total. The minimum absolute atomic E-state index is 0.0879. The molecule has 0 atom stereocenters. The van der Waals surface area contributed by atoms with Gasteiger partial charge in [0.25, 0.3) is 0 Å². The summed E-state index contributed by atoms with van der Waals surface area (Å²) in [6.45, 7) is 0. The predicted octanol–water partition coefficient (Wildman–Crippen LogP) is 0.894. The zero-order chi connectivity index (χ0) is 10.0.